The van der Waals surface area contributed by atoms with Crippen molar-refractivity contribution in [2.24, 2.45) is 5.92 Å². The number of carbonyl (C=O) groups is 2. The molecule has 1 unspecified atom stereocenters. The summed E-state index contributed by atoms with van der Waals surface area (Å²) in [4.78, 5) is 26.6. The Hall–Kier alpha value is -1.10. The second-order valence-electron chi connectivity index (χ2n) is 6.12. The number of nitrogens with one attached hydrogen (secondary N) is 1. The van der Waals surface area contributed by atoms with Crippen LogP contribution in [0, 0.1) is 5.92 Å². The summed E-state index contributed by atoms with van der Waals surface area (Å²) in [6.07, 6.45) is 4.63. The van der Waals surface area contributed by atoms with Crippen LogP contribution in [0.3, 0.4) is 0 Å². The van der Waals surface area contributed by atoms with Crippen LogP contribution in [0.15, 0.2) is 0 Å². The molecule has 0 aromatic carbocycles. The Morgan fingerprint density at radius 2 is 1.85 bits per heavy atom. The van der Waals surface area contributed by atoms with Gasteiger partial charge in [0.1, 0.15) is 12.1 Å². The fourth-order valence-electron chi connectivity index (χ4n) is 2.86. The van der Waals surface area contributed by atoms with Gasteiger partial charge in [0.15, 0.2) is 0 Å². The predicted molar refractivity (Wildman–Crippen MR) is 76.2 cm³/mol. The van der Waals surface area contributed by atoms with E-state index in [2.05, 4.69) is 5.32 Å². The van der Waals surface area contributed by atoms with Crippen LogP contribution in [0.25, 0.3) is 0 Å². The van der Waals surface area contributed by atoms with Crippen molar-refractivity contribution in [3.63, 3.8) is 0 Å². The van der Waals surface area contributed by atoms with Crippen LogP contribution >= 0.6 is 0 Å². The normalized spacial score (nSPS) is 24.8. The number of hydrogen-bond donors (Lipinski definition) is 1. The van der Waals surface area contributed by atoms with Crippen LogP contribution in [0.2, 0.25) is 0 Å². The van der Waals surface area contributed by atoms with Crippen LogP contribution in [0.5, 0.6) is 0 Å². The zero-order valence-electron chi connectivity index (χ0n) is 12.6. The molecule has 2 fully saturated rings. The maximum atomic E-state index is 12.6. The summed E-state index contributed by atoms with van der Waals surface area (Å²) in [6, 6.07) is -0.426. The van der Waals surface area contributed by atoms with Crippen molar-refractivity contribution in [3.05, 3.63) is 0 Å². The zero-order chi connectivity index (χ0) is 14.5. The summed E-state index contributed by atoms with van der Waals surface area (Å²) in [5.41, 5.74) is 0. The number of ether oxygens (including phenoxy) is 1. The number of likely N-dealkylation sites (tertiary alicyclic amines) is 1. The Bertz CT molecular complexity index is 345. The molecule has 0 aromatic rings. The number of amides is 2. The molecule has 5 heteroatoms. The molecule has 5 nitrogen and oxygen atoms in total. The standard InChI is InChI=1S/C15H26N2O3/c1-11(2)13(15(19)17-8-4-3-5-9-17)16-14(18)12-7-6-10-20-12/h11-13H,3-10H2,1-2H3,(H,16,18)/t12?,13-/m1/s1. The lowest BCUT2D eigenvalue weighted by Gasteiger charge is -2.32. The average Bonchev–Trinajstić information content (AvgIpc) is 2.98. The lowest BCUT2D eigenvalue weighted by Crippen LogP contribution is -2.54. The van der Waals surface area contributed by atoms with Gasteiger partial charge in [-0.05, 0) is 38.0 Å². The Morgan fingerprint density at radius 1 is 1.15 bits per heavy atom. The second-order valence-corrected chi connectivity index (χ2v) is 6.12. The molecule has 2 atom stereocenters. The first kappa shape index (κ1) is 15.3. The van der Waals surface area contributed by atoms with Crippen molar-refractivity contribution in [1.82, 2.24) is 10.2 Å². The van der Waals surface area contributed by atoms with E-state index in [1.807, 2.05) is 18.7 Å². The maximum Gasteiger partial charge on any atom is 0.249 e. The Morgan fingerprint density at radius 3 is 2.40 bits per heavy atom. The van der Waals surface area contributed by atoms with Gasteiger partial charge >= 0.3 is 0 Å². The molecular weight excluding hydrogens is 256 g/mol. The van der Waals surface area contributed by atoms with E-state index >= 15 is 0 Å². The minimum absolute atomic E-state index is 0.0612. The van der Waals surface area contributed by atoms with E-state index in [-0.39, 0.29) is 23.8 Å². The predicted octanol–water partition coefficient (Wildman–Crippen LogP) is 1.32. The summed E-state index contributed by atoms with van der Waals surface area (Å²) in [6.45, 7) is 6.23. The van der Waals surface area contributed by atoms with E-state index in [1.165, 1.54) is 6.42 Å². The minimum Gasteiger partial charge on any atom is -0.368 e. The highest BCUT2D eigenvalue weighted by Gasteiger charge is 2.32. The van der Waals surface area contributed by atoms with E-state index < -0.39 is 6.04 Å². The van der Waals surface area contributed by atoms with Crippen molar-refractivity contribution in [2.75, 3.05) is 19.7 Å². The maximum absolute atomic E-state index is 12.6. The molecule has 2 amide bonds. The highest BCUT2D eigenvalue weighted by molar-refractivity contribution is 5.89. The van der Waals surface area contributed by atoms with Crippen molar-refractivity contribution in [1.29, 1.82) is 0 Å². The van der Waals surface area contributed by atoms with Gasteiger partial charge in [-0.1, -0.05) is 13.8 Å². The average molecular weight is 282 g/mol. The zero-order valence-corrected chi connectivity index (χ0v) is 12.6. The number of hydrogen-bond acceptors (Lipinski definition) is 3. The SMILES string of the molecule is CC(C)[C@@H](NC(=O)C1CCCO1)C(=O)N1CCCCC1. The van der Waals surface area contributed by atoms with Crippen molar-refractivity contribution < 1.29 is 14.3 Å². The van der Waals surface area contributed by atoms with E-state index in [0.29, 0.717) is 6.61 Å². The summed E-state index contributed by atoms with van der Waals surface area (Å²) in [5, 5.41) is 2.90. The van der Waals surface area contributed by atoms with Gasteiger partial charge in [-0.15, -0.1) is 0 Å². The molecule has 1 N–H and O–H groups in total. The number of carbonyl (C=O) groups excluding carboxylic acids is 2. The molecule has 0 aliphatic carbocycles. The van der Waals surface area contributed by atoms with Gasteiger partial charge in [-0.3, -0.25) is 9.59 Å². The van der Waals surface area contributed by atoms with Gasteiger partial charge < -0.3 is 15.0 Å². The third kappa shape index (κ3) is 3.72. The van der Waals surface area contributed by atoms with E-state index in [4.69, 9.17) is 4.74 Å². The number of rotatable bonds is 4. The molecule has 114 valence electrons. The van der Waals surface area contributed by atoms with Gasteiger partial charge in [0.05, 0.1) is 0 Å². The van der Waals surface area contributed by atoms with Gasteiger partial charge in [0.2, 0.25) is 11.8 Å². The topological polar surface area (TPSA) is 58.6 Å². The second kappa shape index (κ2) is 7.07. The molecule has 2 saturated heterocycles. The van der Waals surface area contributed by atoms with Crippen molar-refractivity contribution >= 4 is 11.8 Å². The van der Waals surface area contributed by atoms with Crippen LogP contribution in [0.1, 0.15) is 46.0 Å². The molecule has 2 aliphatic rings. The highest BCUT2D eigenvalue weighted by Crippen LogP contribution is 2.16. The lowest BCUT2D eigenvalue weighted by atomic mass is 10.0. The molecule has 0 spiro atoms. The van der Waals surface area contributed by atoms with Crippen LogP contribution in [-0.4, -0.2) is 48.6 Å². The summed E-state index contributed by atoms with van der Waals surface area (Å²) < 4.78 is 5.38. The first-order valence-electron chi connectivity index (χ1n) is 7.80. The lowest BCUT2D eigenvalue weighted by molar-refractivity contribution is -0.141. The van der Waals surface area contributed by atoms with Gasteiger partial charge in [-0.2, -0.15) is 0 Å². The Labute approximate surface area is 121 Å². The molecule has 0 aromatic heterocycles. The number of piperidine rings is 1. The third-order valence-electron chi connectivity index (χ3n) is 4.12. The minimum atomic E-state index is -0.426. The Kier molecular flexibility index (Phi) is 5.40. The fraction of sp³-hybridized carbons (Fsp3) is 0.867. The molecule has 20 heavy (non-hydrogen) atoms. The Balaban J connectivity index is 1.94. The molecule has 0 bridgehead atoms. The molecule has 2 aliphatic heterocycles. The van der Waals surface area contributed by atoms with E-state index in [1.54, 1.807) is 0 Å². The first-order chi connectivity index (χ1) is 9.59. The quantitative estimate of drug-likeness (QED) is 0.846. The van der Waals surface area contributed by atoms with Crippen molar-refractivity contribution in [3.8, 4) is 0 Å². The highest BCUT2D eigenvalue weighted by atomic mass is 16.5. The first-order valence-corrected chi connectivity index (χ1v) is 7.80. The molecular formula is C15H26N2O3. The van der Waals surface area contributed by atoms with Gasteiger partial charge in [0, 0.05) is 19.7 Å². The monoisotopic (exact) mass is 282 g/mol. The molecule has 0 saturated carbocycles. The number of nitrogens with zero attached hydrogens (tertiary/aromatic N) is 1. The van der Waals surface area contributed by atoms with E-state index in [9.17, 15) is 9.59 Å². The third-order valence-corrected chi connectivity index (χ3v) is 4.12. The fourth-order valence-corrected chi connectivity index (χ4v) is 2.86. The van der Waals surface area contributed by atoms with Gasteiger partial charge in [-0.25, -0.2) is 0 Å². The van der Waals surface area contributed by atoms with Gasteiger partial charge in [0.25, 0.3) is 0 Å². The smallest absolute Gasteiger partial charge is 0.249 e. The van der Waals surface area contributed by atoms with E-state index in [0.717, 1.165) is 38.8 Å². The summed E-state index contributed by atoms with van der Waals surface area (Å²) >= 11 is 0. The molecule has 2 rings (SSSR count). The van der Waals surface area contributed by atoms with Crippen molar-refractivity contribution in [2.45, 2.75) is 58.1 Å². The largest absolute Gasteiger partial charge is 0.368 e. The summed E-state index contributed by atoms with van der Waals surface area (Å²) in [7, 11) is 0. The molecule has 0 radical (unpaired) electrons. The van der Waals surface area contributed by atoms with Crippen LogP contribution in [0.4, 0.5) is 0 Å². The van der Waals surface area contributed by atoms with Crippen LogP contribution < -0.4 is 5.32 Å². The summed E-state index contributed by atoms with van der Waals surface area (Å²) in [5.74, 6) is 0.0207. The van der Waals surface area contributed by atoms with Crippen LogP contribution in [-0.2, 0) is 14.3 Å². The molecule has 2 heterocycles.